The second-order valence-corrected chi connectivity index (χ2v) is 5.73. The van der Waals surface area contributed by atoms with Crippen molar-refractivity contribution in [3.8, 4) is 0 Å². The third-order valence-corrected chi connectivity index (χ3v) is 1.65. The predicted molar refractivity (Wildman–Crippen MR) is 50.0 cm³/mol. The molecule has 3 nitrogen and oxygen atoms in total. The summed E-state index contributed by atoms with van der Waals surface area (Å²) in [5.41, 5.74) is 5.63. The quantitative estimate of drug-likeness (QED) is 0.645. The number of hydrogen-bond donors (Lipinski definition) is 1. The first kappa shape index (κ1) is 18.8. The SMILES string of the molecule is NC1CCCCC1.O.O.[Cl][Pt][Cl]. The van der Waals surface area contributed by atoms with Gasteiger partial charge in [0.05, 0.1) is 0 Å². The van der Waals surface area contributed by atoms with Crippen LogP contribution in [0.2, 0.25) is 0 Å². The Kier molecular flexibility index (Phi) is 23.0. The van der Waals surface area contributed by atoms with E-state index in [0.717, 1.165) is 0 Å². The van der Waals surface area contributed by atoms with Gasteiger partial charge in [0, 0.05) is 6.04 Å². The van der Waals surface area contributed by atoms with E-state index in [0.29, 0.717) is 6.04 Å². The molecule has 0 saturated heterocycles. The molecule has 6 heteroatoms. The fourth-order valence-corrected chi connectivity index (χ4v) is 1.13. The Hall–Kier alpha value is 1.15. The average molecular weight is 401 g/mol. The normalized spacial score (nSPS) is 16.6. The fourth-order valence-electron chi connectivity index (χ4n) is 1.13. The van der Waals surface area contributed by atoms with Gasteiger partial charge in [-0.15, -0.1) is 0 Å². The van der Waals surface area contributed by atoms with Gasteiger partial charge in [0.25, 0.3) is 0 Å². The maximum atomic E-state index is 5.63. The summed E-state index contributed by atoms with van der Waals surface area (Å²) >= 11 is -0.472. The van der Waals surface area contributed by atoms with Crippen molar-refractivity contribution in [2.75, 3.05) is 0 Å². The Morgan fingerprint density at radius 3 is 1.50 bits per heavy atom. The van der Waals surface area contributed by atoms with Gasteiger partial charge in [-0.1, -0.05) is 19.3 Å². The summed E-state index contributed by atoms with van der Waals surface area (Å²) in [6.45, 7) is 0. The molecule has 1 aliphatic rings. The standard InChI is InChI=1S/C6H13N.2ClH.2H2O.Pt/c7-6-4-2-1-3-5-6;;;;;/h6H,1-5,7H2;2*1H;2*1H2;/q;;;;;+2/p-2. The van der Waals surface area contributed by atoms with Gasteiger partial charge in [0.2, 0.25) is 0 Å². The molecule has 0 aromatic heterocycles. The van der Waals surface area contributed by atoms with E-state index in [1.165, 1.54) is 32.1 Å². The molecule has 0 amide bonds. The molecule has 1 aliphatic carbocycles. The molecule has 12 heavy (non-hydrogen) atoms. The molecule has 0 atom stereocenters. The van der Waals surface area contributed by atoms with E-state index in [1.807, 2.05) is 0 Å². The zero-order valence-electron chi connectivity index (χ0n) is 6.76. The fraction of sp³-hybridized carbons (Fsp3) is 1.00. The molecule has 1 rings (SSSR count). The monoisotopic (exact) mass is 400 g/mol. The molecule has 0 heterocycles. The van der Waals surface area contributed by atoms with Crippen LogP contribution in [0.5, 0.6) is 0 Å². The molecule has 82 valence electrons. The van der Waals surface area contributed by atoms with E-state index in [9.17, 15) is 0 Å². The zero-order chi connectivity index (χ0) is 7.82. The van der Waals surface area contributed by atoms with Gasteiger partial charge in [-0.2, -0.15) is 0 Å². The topological polar surface area (TPSA) is 89.0 Å². The van der Waals surface area contributed by atoms with Gasteiger partial charge in [-0.05, 0) is 12.8 Å². The van der Waals surface area contributed by atoms with Gasteiger partial charge in [0.15, 0.2) is 0 Å². The molecule has 0 radical (unpaired) electrons. The summed E-state index contributed by atoms with van der Waals surface area (Å²) < 4.78 is 0. The van der Waals surface area contributed by atoms with Crippen LogP contribution in [0.4, 0.5) is 0 Å². The van der Waals surface area contributed by atoms with Crippen LogP contribution in [0.15, 0.2) is 0 Å². The van der Waals surface area contributed by atoms with Crippen molar-refractivity contribution in [3.05, 3.63) is 0 Å². The third kappa shape index (κ3) is 13.7. The minimum atomic E-state index is -0.472. The van der Waals surface area contributed by atoms with E-state index in [2.05, 4.69) is 0 Å². The number of hydrogen-bond acceptors (Lipinski definition) is 1. The van der Waals surface area contributed by atoms with E-state index in [4.69, 9.17) is 24.6 Å². The van der Waals surface area contributed by atoms with Gasteiger partial charge < -0.3 is 16.7 Å². The molecule has 0 unspecified atom stereocenters. The first-order valence-electron chi connectivity index (χ1n) is 3.39. The summed E-state index contributed by atoms with van der Waals surface area (Å²) in [4.78, 5) is 0. The Labute approximate surface area is 90.0 Å². The van der Waals surface area contributed by atoms with E-state index < -0.39 is 16.5 Å². The van der Waals surface area contributed by atoms with Crippen LogP contribution in [-0.2, 0) is 16.5 Å². The summed E-state index contributed by atoms with van der Waals surface area (Å²) in [5.74, 6) is 0. The Morgan fingerprint density at radius 1 is 1.00 bits per heavy atom. The van der Waals surface area contributed by atoms with E-state index in [-0.39, 0.29) is 11.0 Å². The van der Waals surface area contributed by atoms with Crippen molar-refractivity contribution in [1.29, 1.82) is 0 Å². The average Bonchev–Trinajstić information content (AvgIpc) is 1.91. The van der Waals surface area contributed by atoms with Crippen molar-refractivity contribution in [2.45, 2.75) is 38.1 Å². The molecule has 0 aromatic carbocycles. The van der Waals surface area contributed by atoms with Crippen LogP contribution in [0.1, 0.15) is 32.1 Å². The van der Waals surface area contributed by atoms with Crippen LogP contribution in [0.25, 0.3) is 0 Å². The first-order valence-corrected chi connectivity index (χ1v) is 9.02. The van der Waals surface area contributed by atoms with Gasteiger partial charge >= 0.3 is 35.3 Å². The second kappa shape index (κ2) is 14.7. The van der Waals surface area contributed by atoms with Crippen molar-refractivity contribution >= 4 is 18.8 Å². The van der Waals surface area contributed by atoms with Gasteiger partial charge in [0.1, 0.15) is 0 Å². The molecular weight excluding hydrogens is 384 g/mol. The molecule has 0 aromatic rings. The second-order valence-electron chi connectivity index (χ2n) is 2.44. The molecule has 0 bridgehead atoms. The molecule has 1 saturated carbocycles. The van der Waals surface area contributed by atoms with Crippen molar-refractivity contribution in [2.24, 2.45) is 5.73 Å². The summed E-state index contributed by atoms with van der Waals surface area (Å²) in [6, 6.07) is 0.536. The maximum absolute atomic E-state index is 5.63. The molecule has 6 N–H and O–H groups in total. The number of rotatable bonds is 0. The van der Waals surface area contributed by atoms with Crippen LogP contribution < -0.4 is 5.73 Å². The Morgan fingerprint density at radius 2 is 1.33 bits per heavy atom. The van der Waals surface area contributed by atoms with Crippen LogP contribution in [-0.4, -0.2) is 17.0 Å². The minimum absolute atomic E-state index is 0. The number of nitrogens with two attached hydrogens (primary N) is 1. The summed E-state index contributed by atoms with van der Waals surface area (Å²) in [7, 11) is 9.75. The van der Waals surface area contributed by atoms with Crippen molar-refractivity contribution in [3.63, 3.8) is 0 Å². The van der Waals surface area contributed by atoms with Gasteiger partial charge in [-0.3, -0.25) is 0 Å². The first-order chi connectivity index (χ1) is 4.81. The van der Waals surface area contributed by atoms with Crippen molar-refractivity contribution in [1.82, 2.24) is 0 Å². The van der Waals surface area contributed by atoms with Gasteiger partial charge in [-0.25, -0.2) is 0 Å². The summed E-state index contributed by atoms with van der Waals surface area (Å²) in [5, 5.41) is 0. The molecular formula is C6H17Cl2NO2Pt. The van der Waals surface area contributed by atoms with Crippen molar-refractivity contribution < 1.29 is 27.4 Å². The third-order valence-electron chi connectivity index (χ3n) is 1.65. The molecule has 0 aliphatic heterocycles. The Bertz CT molecular complexity index is 74.6. The van der Waals surface area contributed by atoms with Crippen LogP contribution >= 0.6 is 18.8 Å². The van der Waals surface area contributed by atoms with Crippen LogP contribution in [0.3, 0.4) is 0 Å². The number of halogens is 2. The Balaban J connectivity index is -0.000000146. The predicted octanol–water partition coefficient (Wildman–Crippen LogP) is 1.00. The van der Waals surface area contributed by atoms with E-state index >= 15 is 0 Å². The molecule has 0 spiro atoms. The van der Waals surface area contributed by atoms with Crippen LogP contribution in [0, 0.1) is 0 Å². The van der Waals surface area contributed by atoms with E-state index in [1.54, 1.807) is 0 Å². The zero-order valence-corrected chi connectivity index (χ0v) is 10.5. The summed E-state index contributed by atoms with van der Waals surface area (Å²) in [6.07, 6.45) is 6.66. The molecule has 1 fully saturated rings.